The van der Waals surface area contributed by atoms with Gasteiger partial charge in [0, 0.05) is 5.92 Å². The third-order valence-electron chi connectivity index (χ3n) is 3.15. The van der Waals surface area contributed by atoms with Crippen LogP contribution in [-0.2, 0) is 0 Å². The van der Waals surface area contributed by atoms with Gasteiger partial charge < -0.3 is 14.8 Å². The molecule has 0 radical (unpaired) electrons. The average molecular weight is 251 g/mol. The number of hydrogen-bond donors (Lipinski definition) is 1. The lowest BCUT2D eigenvalue weighted by molar-refractivity contribution is 0.397. The molecule has 1 aliphatic rings. The van der Waals surface area contributed by atoms with Crippen molar-refractivity contribution in [2.75, 3.05) is 19.5 Å². The molecule has 0 heterocycles. The highest BCUT2D eigenvalue weighted by molar-refractivity contribution is 7.80. The van der Waals surface area contributed by atoms with Crippen LogP contribution in [0.2, 0.25) is 0 Å². The van der Waals surface area contributed by atoms with Crippen molar-refractivity contribution in [1.29, 1.82) is 0 Å². The van der Waals surface area contributed by atoms with Crippen LogP contribution in [-0.4, -0.2) is 19.2 Å². The molecule has 1 fully saturated rings. The van der Waals surface area contributed by atoms with Gasteiger partial charge in [-0.15, -0.1) is 0 Å². The number of anilines is 1. The Morgan fingerprint density at radius 3 is 2.24 bits per heavy atom. The van der Waals surface area contributed by atoms with Crippen molar-refractivity contribution >= 4 is 22.9 Å². The number of thiocarbonyl (C=S) groups is 1. The molecule has 1 saturated carbocycles. The van der Waals surface area contributed by atoms with Crippen molar-refractivity contribution in [3.8, 4) is 11.5 Å². The van der Waals surface area contributed by atoms with Gasteiger partial charge in [-0.25, -0.2) is 0 Å². The molecule has 0 amide bonds. The molecule has 0 spiro atoms. The van der Waals surface area contributed by atoms with Gasteiger partial charge in [0.15, 0.2) is 0 Å². The molecule has 1 N–H and O–H groups in total. The lowest BCUT2D eigenvalue weighted by atomic mass is 9.85. The van der Waals surface area contributed by atoms with Gasteiger partial charge in [-0.3, -0.25) is 0 Å². The molecule has 0 saturated heterocycles. The van der Waals surface area contributed by atoms with E-state index in [1.54, 1.807) is 14.2 Å². The zero-order chi connectivity index (χ0) is 12.3. The molecule has 2 rings (SSSR count). The normalized spacial score (nSPS) is 14.9. The number of nitrogens with one attached hydrogen (secondary N) is 1. The fourth-order valence-corrected chi connectivity index (χ4v) is 2.21. The highest BCUT2D eigenvalue weighted by atomic mass is 32.1. The quantitative estimate of drug-likeness (QED) is 0.832. The van der Waals surface area contributed by atoms with Crippen LogP contribution >= 0.6 is 12.2 Å². The zero-order valence-electron chi connectivity index (χ0n) is 10.2. The molecule has 0 unspecified atom stereocenters. The molecule has 4 heteroatoms. The van der Waals surface area contributed by atoms with Crippen LogP contribution in [0, 0.1) is 5.92 Å². The predicted octanol–water partition coefficient (Wildman–Crippen LogP) is 3.24. The van der Waals surface area contributed by atoms with Crippen molar-refractivity contribution in [2.24, 2.45) is 5.92 Å². The van der Waals surface area contributed by atoms with E-state index in [-0.39, 0.29) is 0 Å². The number of hydrogen-bond acceptors (Lipinski definition) is 3. The van der Waals surface area contributed by atoms with Crippen LogP contribution in [0.15, 0.2) is 18.2 Å². The first-order valence-electron chi connectivity index (χ1n) is 5.78. The summed E-state index contributed by atoms with van der Waals surface area (Å²) in [5.74, 6) is 2.02. The smallest absolute Gasteiger partial charge is 0.146 e. The molecule has 0 aliphatic heterocycles. The topological polar surface area (TPSA) is 30.5 Å². The van der Waals surface area contributed by atoms with E-state index in [9.17, 15) is 0 Å². The van der Waals surface area contributed by atoms with Gasteiger partial charge in [-0.05, 0) is 25.0 Å². The molecule has 92 valence electrons. The minimum absolute atomic E-state index is 0.514. The number of para-hydroxylation sites is 1. The van der Waals surface area contributed by atoms with Crippen molar-refractivity contribution < 1.29 is 9.47 Å². The monoisotopic (exact) mass is 251 g/mol. The molecular weight excluding hydrogens is 234 g/mol. The maximum absolute atomic E-state index is 5.40. The van der Waals surface area contributed by atoms with Crippen LogP contribution in [0.3, 0.4) is 0 Å². The third kappa shape index (κ3) is 2.52. The largest absolute Gasteiger partial charge is 0.494 e. The number of benzene rings is 1. The second-order valence-corrected chi connectivity index (χ2v) is 4.59. The predicted molar refractivity (Wildman–Crippen MR) is 73.1 cm³/mol. The van der Waals surface area contributed by atoms with Crippen molar-refractivity contribution in [1.82, 2.24) is 0 Å². The average Bonchev–Trinajstić information content (AvgIpc) is 2.26. The summed E-state index contributed by atoms with van der Waals surface area (Å²) >= 11 is 5.40. The number of methoxy groups -OCH3 is 2. The van der Waals surface area contributed by atoms with E-state index in [1.807, 2.05) is 18.2 Å². The first-order chi connectivity index (χ1) is 8.26. The van der Waals surface area contributed by atoms with Gasteiger partial charge in [0.05, 0.1) is 19.2 Å². The van der Waals surface area contributed by atoms with E-state index in [0.29, 0.717) is 5.92 Å². The second-order valence-electron chi connectivity index (χ2n) is 4.15. The van der Waals surface area contributed by atoms with E-state index in [1.165, 1.54) is 19.3 Å². The molecule has 0 bridgehead atoms. The molecule has 0 aromatic heterocycles. The Morgan fingerprint density at radius 1 is 1.24 bits per heavy atom. The fraction of sp³-hybridized carbons (Fsp3) is 0.462. The summed E-state index contributed by atoms with van der Waals surface area (Å²) < 4.78 is 10.6. The van der Waals surface area contributed by atoms with E-state index in [4.69, 9.17) is 21.7 Å². The SMILES string of the molecule is COc1cccc(OC)c1NC(=S)C1CCC1. The Kier molecular flexibility index (Phi) is 3.84. The van der Waals surface area contributed by atoms with E-state index in [0.717, 1.165) is 22.2 Å². The molecule has 17 heavy (non-hydrogen) atoms. The summed E-state index contributed by atoms with van der Waals surface area (Å²) in [5.41, 5.74) is 0.828. The molecule has 3 nitrogen and oxygen atoms in total. The van der Waals surface area contributed by atoms with Crippen LogP contribution in [0.4, 0.5) is 5.69 Å². The highest BCUT2D eigenvalue weighted by Gasteiger charge is 2.23. The molecule has 1 aromatic carbocycles. The first kappa shape index (κ1) is 12.2. The van der Waals surface area contributed by atoms with Crippen molar-refractivity contribution in [3.05, 3.63) is 18.2 Å². The van der Waals surface area contributed by atoms with Crippen LogP contribution in [0.1, 0.15) is 19.3 Å². The zero-order valence-corrected chi connectivity index (χ0v) is 11.0. The maximum Gasteiger partial charge on any atom is 0.146 e. The summed E-state index contributed by atoms with van der Waals surface area (Å²) in [7, 11) is 3.29. The van der Waals surface area contributed by atoms with Crippen LogP contribution < -0.4 is 14.8 Å². The van der Waals surface area contributed by atoms with Crippen LogP contribution in [0.5, 0.6) is 11.5 Å². The molecule has 1 aliphatic carbocycles. The lowest BCUT2D eigenvalue weighted by Gasteiger charge is -2.27. The minimum Gasteiger partial charge on any atom is -0.494 e. The van der Waals surface area contributed by atoms with E-state index < -0.39 is 0 Å². The summed E-state index contributed by atoms with van der Waals surface area (Å²) in [6.07, 6.45) is 3.64. The Bertz CT molecular complexity index is 394. The van der Waals surface area contributed by atoms with Gasteiger partial charge in [0.2, 0.25) is 0 Å². The summed E-state index contributed by atoms with van der Waals surface area (Å²) in [6, 6.07) is 5.69. The summed E-state index contributed by atoms with van der Waals surface area (Å²) in [5, 5.41) is 3.26. The minimum atomic E-state index is 0.514. The Labute approximate surface area is 107 Å². The van der Waals surface area contributed by atoms with Gasteiger partial charge in [-0.2, -0.15) is 0 Å². The van der Waals surface area contributed by atoms with E-state index >= 15 is 0 Å². The van der Waals surface area contributed by atoms with Crippen molar-refractivity contribution in [2.45, 2.75) is 19.3 Å². The van der Waals surface area contributed by atoms with Crippen LogP contribution in [0.25, 0.3) is 0 Å². The summed E-state index contributed by atoms with van der Waals surface area (Å²) in [4.78, 5) is 0.888. The number of rotatable bonds is 4. The molecular formula is C13H17NO2S. The summed E-state index contributed by atoms with van der Waals surface area (Å²) in [6.45, 7) is 0. The van der Waals surface area contributed by atoms with Crippen molar-refractivity contribution in [3.63, 3.8) is 0 Å². The lowest BCUT2D eigenvalue weighted by Crippen LogP contribution is -2.26. The first-order valence-corrected chi connectivity index (χ1v) is 6.19. The van der Waals surface area contributed by atoms with Gasteiger partial charge in [-0.1, -0.05) is 24.7 Å². The van der Waals surface area contributed by atoms with Gasteiger partial charge in [0.25, 0.3) is 0 Å². The second kappa shape index (κ2) is 5.36. The number of ether oxygens (including phenoxy) is 2. The molecule has 1 aromatic rings. The Hall–Kier alpha value is -1.29. The van der Waals surface area contributed by atoms with Gasteiger partial charge >= 0.3 is 0 Å². The van der Waals surface area contributed by atoms with E-state index in [2.05, 4.69) is 5.32 Å². The third-order valence-corrected chi connectivity index (χ3v) is 3.59. The standard InChI is InChI=1S/C13H17NO2S/c1-15-10-7-4-8-11(16-2)12(10)14-13(17)9-5-3-6-9/h4,7-9H,3,5-6H2,1-2H3,(H,14,17). The van der Waals surface area contributed by atoms with Gasteiger partial charge in [0.1, 0.15) is 17.2 Å². The Balaban J connectivity index is 2.20. The fourth-order valence-electron chi connectivity index (χ4n) is 1.87. The highest BCUT2D eigenvalue weighted by Crippen LogP contribution is 2.36. The Morgan fingerprint density at radius 2 is 1.82 bits per heavy atom. The maximum atomic E-state index is 5.40. The molecule has 0 atom stereocenters.